The van der Waals surface area contributed by atoms with Gasteiger partial charge in [-0.2, -0.15) is 4.31 Å². The fourth-order valence-corrected chi connectivity index (χ4v) is 4.79. The number of urea groups is 1. The molecule has 0 radical (unpaired) electrons. The molecular formula is C16H23Cl2N3O3S. The van der Waals surface area contributed by atoms with Crippen LogP contribution < -0.4 is 5.32 Å². The van der Waals surface area contributed by atoms with Gasteiger partial charge in [-0.3, -0.25) is 0 Å². The lowest BCUT2D eigenvalue weighted by atomic mass is 10.2. The second-order valence-electron chi connectivity index (χ2n) is 5.90. The van der Waals surface area contributed by atoms with E-state index >= 15 is 0 Å². The van der Waals surface area contributed by atoms with Crippen molar-refractivity contribution in [1.82, 2.24) is 14.5 Å². The van der Waals surface area contributed by atoms with Crippen molar-refractivity contribution in [2.45, 2.75) is 31.1 Å². The average Bonchev–Trinajstić information content (AvgIpc) is 2.60. The number of amides is 2. The van der Waals surface area contributed by atoms with E-state index in [9.17, 15) is 13.2 Å². The summed E-state index contributed by atoms with van der Waals surface area (Å²) in [5.74, 6) is 0. The molecule has 0 saturated carbocycles. The summed E-state index contributed by atoms with van der Waals surface area (Å²) in [4.78, 5) is 13.7. The predicted molar refractivity (Wildman–Crippen MR) is 99.7 cm³/mol. The van der Waals surface area contributed by atoms with Gasteiger partial charge in [-0.15, -0.1) is 0 Å². The first-order chi connectivity index (χ1) is 11.9. The van der Waals surface area contributed by atoms with Gasteiger partial charge in [0.05, 0.1) is 5.02 Å². The Hall–Kier alpha value is -1.02. The van der Waals surface area contributed by atoms with E-state index in [4.69, 9.17) is 23.2 Å². The Kier molecular flexibility index (Phi) is 7.37. The van der Waals surface area contributed by atoms with Gasteiger partial charge in [0, 0.05) is 37.7 Å². The van der Waals surface area contributed by atoms with Crippen LogP contribution in [0.2, 0.25) is 10.0 Å². The van der Waals surface area contributed by atoms with Crippen LogP contribution in [0.1, 0.15) is 26.2 Å². The van der Waals surface area contributed by atoms with Gasteiger partial charge in [-0.25, -0.2) is 13.2 Å². The van der Waals surface area contributed by atoms with Gasteiger partial charge in [0.2, 0.25) is 10.0 Å². The molecule has 25 heavy (non-hydrogen) atoms. The van der Waals surface area contributed by atoms with Gasteiger partial charge in [0.15, 0.2) is 0 Å². The number of nitrogens with one attached hydrogen (secondary N) is 1. The van der Waals surface area contributed by atoms with Crippen LogP contribution in [0.3, 0.4) is 0 Å². The van der Waals surface area contributed by atoms with Crippen LogP contribution in [0.25, 0.3) is 0 Å². The van der Waals surface area contributed by atoms with E-state index in [2.05, 4.69) is 12.2 Å². The second kappa shape index (κ2) is 9.07. The number of sulfonamides is 1. The number of halogens is 2. The van der Waals surface area contributed by atoms with Crippen molar-refractivity contribution in [3.8, 4) is 0 Å². The number of hydrogen-bond donors (Lipinski definition) is 1. The minimum atomic E-state index is -3.73. The van der Waals surface area contributed by atoms with Crippen molar-refractivity contribution >= 4 is 39.3 Å². The number of carbonyl (C=O) groups excluding carboxylic acids is 1. The maximum absolute atomic E-state index is 12.7. The molecule has 0 bridgehead atoms. The highest BCUT2D eigenvalue weighted by Gasteiger charge is 2.31. The average molecular weight is 408 g/mol. The predicted octanol–water partition coefficient (Wildman–Crippen LogP) is 3.20. The molecule has 6 nitrogen and oxygen atoms in total. The molecule has 0 atom stereocenters. The van der Waals surface area contributed by atoms with Crippen molar-refractivity contribution in [1.29, 1.82) is 0 Å². The zero-order valence-electron chi connectivity index (χ0n) is 14.2. The number of nitrogens with zero attached hydrogens (tertiary/aromatic N) is 2. The molecule has 2 amide bonds. The molecule has 1 fully saturated rings. The van der Waals surface area contributed by atoms with Crippen LogP contribution in [0.4, 0.5) is 4.79 Å². The molecule has 0 aliphatic carbocycles. The Bertz CT molecular complexity index is 705. The monoisotopic (exact) mass is 407 g/mol. The normalized spacial score (nSPS) is 16.0. The molecule has 1 aliphatic heterocycles. The molecule has 1 aliphatic rings. The minimum absolute atomic E-state index is 0.000802. The molecule has 1 N–H and O–H groups in total. The van der Waals surface area contributed by atoms with Crippen LogP contribution in [0, 0.1) is 0 Å². The smallest absolute Gasteiger partial charge is 0.317 e. The number of hydrogen-bond acceptors (Lipinski definition) is 3. The van der Waals surface area contributed by atoms with E-state index in [1.807, 2.05) is 0 Å². The maximum Gasteiger partial charge on any atom is 0.317 e. The second-order valence-corrected chi connectivity index (χ2v) is 8.65. The van der Waals surface area contributed by atoms with E-state index in [-0.39, 0.29) is 29.0 Å². The molecule has 0 aromatic heterocycles. The molecule has 1 aromatic rings. The van der Waals surface area contributed by atoms with E-state index in [0.717, 1.165) is 19.3 Å². The number of benzene rings is 1. The van der Waals surface area contributed by atoms with Crippen LogP contribution in [-0.4, -0.2) is 56.4 Å². The molecule has 9 heteroatoms. The summed E-state index contributed by atoms with van der Waals surface area (Å²) in [6, 6.07) is 4.22. The highest BCUT2D eigenvalue weighted by atomic mass is 35.5. The van der Waals surface area contributed by atoms with Crippen molar-refractivity contribution in [3.63, 3.8) is 0 Å². The Morgan fingerprint density at radius 1 is 1.16 bits per heavy atom. The van der Waals surface area contributed by atoms with Crippen LogP contribution in [0.15, 0.2) is 23.1 Å². The van der Waals surface area contributed by atoms with Crippen LogP contribution in [-0.2, 0) is 10.0 Å². The lowest BCUT2D eigenvalue weighted by molar-refractivity contribution is 0.172. The van der Waals surface area contributed by atoms with Crippen molar-refractivity contribution in [2.24, 2.45) is 0 Å². The molecule has 1 heterocycles. The Labute approximate surface area is 159 Å². The minimum Gasteiger partial charge on any atom is -0.338 e. The highest BCUT2D eigenvalue weighted by Crippen LogP contribution is 2.28. The fourth-order valence-electron chi connectivity index (χ4n) is 2.63. The summed E-state index contributed by atoms with van der Waals surface area (Å²) in [6.07, 6.45) is 3.12. The quantitative estimate of drug-likeness (QED) is 0.735. The number of carbonyl (C=O) groups is 1. The third-order valence-corrected chi connectivity index (χ3v) is 6.71. The maximum atomic E-state index is 12.7. The van der Waals surface area contributed by atoms with Crippen molar-refractivity contribution in [2.75, 3.05) is 32.7 Å². The van der Waals surface area contributed by atoms with E-state index in [1.54, 1.807) is 11.0 Å². The van der Waals surface area contributed by atoms with Gasteiger partial charge < -0.3 is 10.2 Å². The highest BCUT2D eigenvalue weighted by molar-refractivity contribution is 7.89. The Morgan fingerprint density at radius 2 is 1.84 bits per heavy atom. The topological polar surface area (TPSA) is 69.7 Å². The third-order valence-electron chi connectivity index (χ3n) is 4.09. The summed E-state index contributed by atoms with van der Waals surface area (Å²) in [5, 5.41) is 3.32. The third kappa shape index (κ3) is 5.23. The zero-order chi connectivity index (χ0) is 18.4. The van der Waals surface area contributed by atoms with Gasteiger partial charge in [-0.1, -0.05) is 43.0 Å². The molecule has 1 saturated heterocycles. The van der Waals surface area contributed by atoms with Gasteiger partial charge in [0.25, 0.3) is 0 Å². The number of unbranched alkanes of at least 4 members (excludes halogenated alkanes) is 2. The fraction of sp³-hybridized carbons (Fsp3) is 0.562. The zero-order valence-corrected chi connectivity index (χ0v) is 16.5. The molecule has 0 unspecified atom stereocenters. The van der Waals surface area contributed by atoms with Crippen molar-refractivity contribution in [3.05, 3.63) is 28.2 Å². The first kappa shape index (κ1) is 20.3. The van der Waals surface area contributed by atoms with Gasteiger partial charge in [-0.05, 0) is 24.6 Å². The lowest BCUT2D eigenvalue weighted by Gasteiger charge is -2.34. The Balaban J connectivity index is 1.95. The van der Waals surface area contributed by atoms with E-state index in [0.29, 0.717) is 24.7 Å². The Morgan fingerprint density at radius 3 is 2.48 bits per heavy atom. The van der Waals surface area contributed by atoms with Crippen molar-refractivity contribution < 1.29 is 13.2 Å². The number of rotatable bonds is 6. The first-order valence-electron chi connectivity index (χ1n) is 8.34. The van der Waals surface area contributed by atoms with Crippen LogP contribution >= 0.6 is 23.2 Å². The summed E-state index contributed by atoms with van der Waals surface area (Å²) in [6.45, 7) is 3.89. The standard InChI is InChI=1S/C16H23Cl2N3O3S/c1-2-3-4-7-19-16(22)20-8-10-21(11-9-20)25(23,24)15-12-13(17)5-6-14(15)18/h5-6,12H,2-4,7-11H2,1H3,(H,19,22). The molecular weight excluding hydrogens is 385 g/mol. The molecule has 2 rings (SSSR count). The molecule has 1 aromatic carbocycles. The lowest BCUT2D eigenvalue weighted by Crippen LogP contribution is -2.53. The molecule has 0 spiro atoms. The van der Waals surface area contributed by atoms with E-state index in [1.165, 1.54) is 16.4 Å². The first-order valence-corrected chi connectivity index (χ1v) is 10.5. The summed E-state index contributed by atoms with van der Waals surface area (Å²) in [5.41, 5.74) is 0. The van der Waals surface area contributed by atoms with Crippen LogP contribution in [0.5, 0.6) is 0 Å². The summed E-state index contributed by atoms with van der Waals surface area (Å²) in [7, 11) is -3.73. The SMILES string of the molecule is CCCCCNC(=O)N1CCN(S(=O)(=O)c2cc(Cl)ccc2Cl)CC1. The number of piperazine rings is 1. The van der Waals surface area contributed by atoms with Gasteiger partial charge in [0.1, 0.15) is 4.90 Å². The largest absolute Gasteiger partial charge is 0.338 e. The summed E-state index contributed by atoms with van der Waals surface area (Å²) >= 11 is 11.9. The summed E-state index contributed by atoms with van der Waals surface area (Å²) < 4.78 is 26.8. The molecule has 140 valence electrons. The van der Waals surface area contributed by atoms with E-state index < -0.39 is 10.0 Å². The van der Waals surface area contributed by atoms with Gasteiger partial charge >= 0.3 is 6.03 Å².